The van der Waals surface area contributed by atoms with Crippen LogP contribution in [0.1, 0.15) is 19.8 Å². The van der Waals surface area contributed by atoms with Crippen molar-refractivity contribution in [2.45, 2.75) is 19.8 Å². The maximum Gasteiger partial charge on any atom is 0.337 e. The largest absolute Gasteiger partial charge is 0.337 e. The third-order valence-corrected chi connectivity index (χ3v) is 5.56. The Labute approximate surface area is 149 Å². The first-order valence-corrected chi connectivity index (χ1v) is 9.24. The maximum atomic E-state index is 12.2. The van der Waals surface area contributed by atoms with Crippen LogP contribution < -0.4 is 16.2 Å². The molecule has 5 rings (SSSR count). The van der Waals surface area contributed by atoms with Crippen molar-refractivity contribution in [3.05, 3.63) is 41.6 Å². The Morgan fingerprint density at radius 1 is 1.12 bits per heavy atom. The van der Waals surface area contributed by atoms with Gasteiger partial charge in [0.1, 0.15) is 0 Å². The van der Waals surface area contributed by atoms with Crippen molar-refractivity contribution in [1.82, 2.24) is 20.7 Å². The molecular weight excluding hydrogens is 314 g/mol. The van der Waals surface area contributed by atoms with Crippen LogP contribution in [0.15, 0.2) is 41.6 Å². The molecule has 6 heteroatoms. The first-order valence-electron chi connectivity index (χ1n) is 9.24. The zero-order valence-corrected chi connectivity index (χ0v) is 14.8. The molecule has 0 radical (unpaired) electrons. The number of fused-ring (bicyclic) bond motifs is 1. The lowest BCUT2D eigenvalue weighted by Crippen LogP contribution is -2.57. The second kappa shape index (κ2) is 6.69. The van der Waals surface area contributed by atoms with Crippen molar-refractivity contribution >= 4 is 11.7 Å². The van der Waals surface area contributed by atoms with E-state index in [1.165, 1.54) is 11.3 Å². The van der Waals surface area contributed by atoms with Crippen molar-refractivity contribution in [2.75, 3.05) is 44.6 Å². The molecule has 0 aliphatic carbocycles. The Bertz CT molecular complexity index is 654. The van der Waals surface area contributed by atoms with E-state index in [2.05, 4.69) is 32.9 Å². The molecular formula is C19H27N5O. The van der Waals surface area contributed by atoms with E-state index in [1.54, 1.807) is 0 Å². The SMILES string of the molecule is CCCC12CN3CCN(CC(=C1NNC(=O)Nc1ccccc1)C3)C2. The summed E-state index contributed by atoms with van der Waals surface area (Å²) in [5.41, 5.74) is 9.78. The van der Waals surface area contributed by atoms with Crippen LogP contribution in [-0.4, -0.2) is 55.1 Å². The summed E-state index contributed by atoms with van der Waals surface area (Å²) in [5, 5.41) is 2.87. The Kier molecular flexibility index (Phi) is 4.39. The van der Waals surface area contributed by atoms with Gasteiger partial charge in [-0.05, 0) is 24.1 Å². The van der Waals surface area contributed by atoms with Gasteiger partial charge in [-0.2, -0.15) is 0 Å². The third-order valence-electron chi connectivity index (χ3n) is 5.56. The molecule has 6 nitrogen and oxygen atoms in total. The van der Waals surface area contributed by atoms with Gasteiger partial charge in [-0.3, -0.25) is 15.2 Å². The number of hydrogen-bond donors (Lipinski definition) is 3. The first-order chi connectivity index (χ1) is 12.2. The average Bonchev–Trinajstić information content (AvgIpc) is 2.83. The molecule has 1 aromatic rings. The summed E-state index contributed by atoms with van der Waals surface area (Å²) in [6.45, 7) is 8.78. The standard InChI is InChI=1S/C19H27N5O/c1-2-8-19-13-23-9-10-24(14-19)12-15(11-23)17(19)21-22-18(25)20-16-6-4-3-5-7-16/h3-7,21H,2,8-14H2,1H3,(H2,20,22,25). The molecule has 134 valence electrons. The summed E-state index contributed by atoms with van der Waals surface area (Å²) >= 11 is 0. The van der Waals surface area contributed by atoms with Gasteiger partial charge in [0.05, 0.1) is 0 Å². The van der Waals surface area contributed by atoms with Crippen LogP contribution in [0.4, 0.5) is 10.5 Å². The molecule has 25 heavy (non-hydrogen) atoms. The van der Waals surface area contributed by atoms with Crippen LogP contribution >= 0.6 is 0 Å². The number of carbonyl (C=O) groups excluding carboxylic acids is 1. The molecule has 4 heterocycles. The molecule has 4 aliphatic rings. The number of rotatable bonds is 5. The van der Waals surface area contributed by atoms with E-state index in [9.17, 15) is 4.79 Å². The monoisotopic (exact) mass is 341 g/mol. The zero-order chi connectivity index (χ0) is 17.3. The molecule has 0 spiro atoms. The van der Waals surface area contributed by atoms with Gasteiger partial charge in [0.2, 0.25) is 0 Å². The highest BCUT2D eigenvalue weighted by Crippen LogP contribution is 2.43. The van der Waals surface area contributed by atoms with E-state index in [1.807, 2.05) is 30.3 Å². The van der Waals surface area contributed by atoms with Crippen molar-refractivity contribution in [1.29, 1.82) is 0 Å². The minimum absolute atomic E-state index is 0.122. The van der Waals surface area contributed by atoms with Crippen LogP contribution in [-0.2, 0) is 0 Å². The lowest BCUT2D eigenvalue weighted by atomic mass is 9.73. The molecule has 3 N–H and O–H groups in total. The van der Waals surface area contributed by atoms with E-state index in [0.717, 1.165) is 57.8 Å². The van der Waals surface area contributed by atoms with Gasteiger partial charge in [-0.15, -0.1) is 0 Å². The second-order valence-electron chi connectivity index (χ2n) is 7.50. The predicted molar refractivity (Wildman–Crippen MR) is 99.0 cm³/mol. The normalized spacial score (nSPS) is 30.1. The summed E-state index contributed by atoms with van der Waals surface area (Å²) in [6, 6.07) is 9.30. The number of hydrazine groups is 1. The number of hydrogen-bond acceptors (Lipinski definition) is 4. The zero-order valence-electron chi connectivity index (χ0n) is 14.8. The van der Waals surface area contributed by atoms with Crippen LogP contribution in [0.25, 0.3) is 0 Å². The number of para-hydroxylation sites is 1. The van der Waals surface area contributed by atoms with Crippen LogP contribution in [0.5, 0.6) is 0 Å². The Morgan fingerprint density at radius 3 is 2.44 bits per heavy atom. The van der Waals surface area contributed by atoms with Crippen molar-refractivity contribution in [2.24, 2.45) is 5.41 Å². The summed E-state index contributed by atoms with van der Waals surface area (Å²) in [6.07, 6.45) is 2.30. The highest BCUT2D eigenvalue weighted by atomic mass is 16.2. The smallest absolute Gasteiger partial charge is 0.307 e. The van der Waals surface area contributed by atoms with Crippen molar-refractivity contribution in [3.63, 3.8) is 0 Å². The molecule has 2 atom stereocenters. The van der Waals surface area contributed by atoms with E-state index in [-0.39, 0.29) is 11.4 Å². The molecule has 0 aromatic heterocycles. The summed E-state index contributed by atoms with van der Waals surface area (Å²) < 4.78 is 0. The number of benzene rings is 1. The van der Waals surface area contributed by atoms with Crippen LogP contribution in [0.3, 0.4) is 0 Å². The van der Waals surface area contributed by atoms with Crippen LogP contribution in [0, 0.1) is 5.41 Å². The number of nitrogens with zero attached hydrogens (tertiary/aromatic N) is 2. The fourth-order valence-corrected chi connectivity index (χ4v) is 4.68. The minimum Gasteiger partial charge on any atom is -0.307 e. The topological polar surface area (TPSA) is 59.6 Å². The minimum atomic E-state index is -0.224. The molecule has 4 bridgehead atoms. The second-order valence-corrected chi connectivity index (χ2v) is 7.50. The fraction of sp³-hybridized carbons (Fsp3) is 0.526. The fourth-order valence-electron chi connectivity index (χ4n) is 4.68. The highest BCUT2D eigenvalue weighted by Gasteiger charge is 2.47. The van der Waals surface area contributed by atoms with Gasteiger partial charge in [0.25, 0.3) is 0 Å². The molecule has 4 aliphatic heterocycles. The molecule has 2 fully saturated rings. The number of amides is 2. The lowest BCUT2D eigenvalue weighted by molar-refractivity contribution is 0.121. The van der Waals surface area contributed by atoms with Gasteiger partial charge in [0.15, 0.2) is 0 Å². The molecule has 0 saturated carbocycles. The molecule has 2 unspecified atom stereocenters. The summed E-state index contributed by atoms with van der Waals surface area (Å²) in [5.74, 6) is 0. The molecule has 2 saturated heterocycles. The third kappa shape index (κ3) is 3.24. The maximum absolute atomic E-state index is 12.2. The number of anilines is 1. The van der Waals surface area contributed by atoms with Crippen molar-refractivity contribution < 1.29 is 4.79 Å². The Hall–Kier alpha value is -2.05. The predicted octanol–water partition coefficient (Wildman–Crippen LogP) is 2.00. The molecule has 2 amide bonds. The number of carbonyl (C=O) groups is 1. The number of nitrogens with one attached hydrogen (secondary N) is 3. The van der Waals surface area contributed by atoms with E-state index in [4.69, 9.17) is 0 Å². The Balaban J connectivity index is 1.48. The van der Waals surface area contributed by atoms with Crippen LogP contribution in [0.2, 0.25) is 0 Å². The highest BCUT2D eigenvalue weighted by molar-refractivity contribution is 5.88. The van der Waals surface area contributed by atoms with E-state index >= 15 is 0 Å². The van der Waals surface area contributed by atoms with E-state index < -0.39 is 0 Å². The Morgan fingerprint density at radius 2 is 1.80 bits per heavy atom. The summed E-state index contributed by atoms with van der Waals surface area (Å²) in [4.78, 5) is 17.4. The quantitative estimate of drug-likeness (QED) is 0.717. The van der Waals surface area contributed by atoms with Gasteiger partial charge >= 0.3 is 6.03 Å². The van der Waals surface area contributed by atoms with Crippen molar-refractivity contribution in [3.8, 4) is 0 Å². The van der Waals surface area contributed by atoms with Gasteiger partial charge in [-0.1, -0.05) is 31.5 Å². The number of urea groups is 1. The van der Waals surface area contributed by atoms with E-state index in [0.29, 0.717) is 0 Å². The lowest BCUT2D eigenvalue weighted by Gasteiger charge is -2.48. The average molecular weight is 341 g/mol. The van der Waals surface area contributed by atoms with Gasteiger partial charge < -0.3 is 10.7 Å². The molecule has 1 aromatic carbocycles. The first kappa shape index (κ1) is 16.4. The van der Waals surface area contributed by atoms with Gasteiger partial charge in [0, 0.05) is 56.1 Å². The summed E-state index contributed by atoms with van der Waals surface area (Å²) in [7, 11) is 0. The van der Waals surface area contributed by atoms with Gasteiger partial charge in [-0.25, -0.2) is 4.79 Å².